The van der Waals surface area contributed by atoms with Crippen LogP contribution in [0.25, 0.3) is 0 Å². The minimum absolute atomic E-state index is 0.345. The summed E-state index contributed by atoms with van der Waals surface area (Å²) < 4.78 is 22.4. The Kier molecular flexibility index (Phi) is 10.0. The highest BCUT2D eigenvalue weighted by molar-refractivity contribution is 5.42. The highest BCUT2D eigenvalue weighted by atomic mass is 16.5. The van der Waals surface area contributed by atoms with Crippen LogP contribution in [0, 0.1) is 0 Å². The van der Waals surface area contributed by atoms with Crippen LogP contribution in [0.1, 0.15) is 32.6 Å². The Balaban J connectivity index is 0.000000878. The number of hydrogen-bond donors (Lipinski definition) is 1. The van der Waals surface area contributed by atoms with Crippen molar-refractivity contribution in [3.63, 3.8) is 0 Å². The van der Waals surface area contributed by atoms with Crippen LogP contribution in [0.15, 0.2) is 25.0 Å². The average molecular weight is 395 g/mol. The van der Waals surface area contributed by atoms with Gasteiger partial charge in [0, 0.05) is 32.9 Å². The molecule has 1 saturated heterocycles. The Morgan fingerprint density at radius 1 is 1.21 bits per heavy atom. The second kappa shape index (κ2) is 12.5. The molecule has 0 aromatic carbocycles. The van der Waals surface area contributed by atoms with E-state index >= 15 is 0 Å². The number of anilines is 1. The van der Waals surface area contributed by atoms with Crippen LogP contribution in [0.5, 0.6) is 5.75 Å². The molecule has 2 fully saturated rings. The van der Waals surface area contributed by atoms with Gasteiger partial charge in [-0.1, -0.05) is 6.58 Å². The quantitative estimate of drug-likeness (QED) is 0.637. The molecule has 1 aromatic rings. The zero-order valence-electron chi connectivity index (χ0n) is 17.1. The maximum atomic E-state index is 6.20. The molecule has 2 heterocycles. The average Bonchev–Trinajstić information content (AvgIpc) is 2.68. The summed E-state index contributed by atoms with van der Waals surface area (Å²) in [4.78, 5) is 2.25. The largest absolute Gasteiger partial charge is 0.489 e. The zero-order chi connectivity index (χ0) is 20.2. The number of nitrogens with two attached hydrogens (primary N) is 1. The smallest absolute Gasteiger partial charge is 0.154 e. The number of rotatable bonds is 9. The molecule has 2 N–H and O–H groups in total. The van der Waals surface area contributed by atoms with E-state index in [1.807, 2.05) is 13.0 Å². The molecule has 0 unspecified atom stereocenters. The van der Waals surface area contributed by atoms with Gasteiger partial charge in [-0.3, -0.25) is 0 Å². The summed E-state index contributed by atoms with van der Waals surface area (Å²) in [5.74, 6) is 1.60. The first kappa shape index (κ1) is 22.4. The zero-order valence-corrected chi connectivity index (χ0v) is 17.1. The molecule has 1 saturated carbocycles. The Bertz CT molecular complexity index is 561. The minimum Gasteiger partial charge on any atom is -0.489 e. The summed E-state index contributed by atoms with van der Waals surface area (Å²) in [6, 6.07) is 1.95. The minimum atomic E-state index is 0.345. The van der Waals surface area contributed by atoms with Crippen LogP contribution in [0.3, 0.4) is 0 Å². The third-order valence-corrected chi connectivity index (χ3v) is 4.78. The monoisotopic (exact) mass is 394 g/mol. The lowest BCUT2D eigenvalue weighted by Crippen LogP contribution is -2.43. The van der Waals surface area contributed by atoms with Crippen LogP contribution in [-0.4, -0.2) is 68.5 Å². The Hall–Kier alpha value is -1.90. The van der Waals surface area contributed by atoms with Crippen LogP contribution < -0.4 is 15.4 Å². The predicted molar refractivity (Wildman–Crippen MR) is 109 cm³/mol. The van der Waals surface area contributed by atoms with Gasteiger partial charge in [-0.25, -0.2) is 0 Å². The van der Waals surface area contributed by atoms with E-state index in [-0.39, 0.29) is 0 Å². The van der Waals surface area contributed by atoms with E-state index in [0.29, 0.717) is 31.5 Å². The summed E-state index contributed by atoms with van der Waals surface area (Å²) in [7, 11) is 1.66. The standard InChI is InChI=1S/C18H29N3O4.C2H5N/c1-3-23-15-10-16(11-15)25-14-4-6-21(7-5-14)18-12-17(13-19-20-18)24-9-8-22-2;1-2-3/h12-16H,3-11H2,1-2H3;2H,1,3H2. The van der Waals surface area contributed by atoms with Gasteiger partial charge in [0.15, 0.2) is 5.82 Å². The fourth-order valence-corrected chi connectivity index (χ4v) is 3.31. The maximum absolute atomic E-state index is 6.20. The van der Waals surface area contributed by atoms with Gasteiger partial charge in [0.1, 0.15) is 12.4 Å². The second-order valence-corrected chi connectivity index (χ2v) is 6.82. The van der Waals surface area contributed by atoms with E-state index in [1.54, 1.807) is 13.3 Å². The van der Waals surface area contributed by atoms with Crippen molar-refractivity contribution in [1.82, 2.24) is 10.2 Å². The molecule has 158 valence electrons. The molecule has 1 aromatic heterocycles. The van der Waals surface area contributed by atoms with Crippen molar-refractivity contribution in [2.75, 3.05) is 44.9 Å². The first-order chi connectivity index (χ1) is 13.7. The number of nitrogens with zero attached hydrogens (tertiary/aromatic N) is 3. The van der Waals surface area contributed by atoms with Gasteiger partial charge in [0.25, 0.3) is 0 Å². The highest BCUT2D eigenvalue weighted by Gasteiger charge is 2.33. The van der Waals surface area contributed by atoms with Crippen molar-refractivity contribution >= 4 is 5.82 Å². The Morgan fingerprint density at radius 3 is 2.57 bits per heavy atom. The number of piperidine rings is 1. The molecule has 8 nitrogen and oxygen atoms in total. The molecule has 0 radical (unpaired) electrons. The first-order valence-electron chi connectivity index (χ1n) is 9.99. The van der Waals surface area contributed by atoms with Gasteiger partial charge in [0.05, 0.1) is 31.1 Å². The molecule has 1 aliphatic heterocycles. The fourth-order valence-electron chi connectivity index (χ4n) is 3.31. The molecule has 0 amide bonds. The normalized spacial score (nSPS) is 22.0. The molecular formula is C20H34N4O4. The molecule has 2 aliphatic rings. The van der Waals surface area contributed by atoms with Crippen molar-refractivity contribution in [2.24, 2.45) is 5.73 Å². The number of methoxy groups -OCH3 is 1. The van der Waals surface area contributed by atoms with Crippen molar-refractivity contribution in [3.8, 4) is 5.75 Å². The van der Waals surface area contributed by atoms with Crippen molar-refractivity contribution < 1.29 is 18.9 Å². The topological polar surface area (TPSA) is 92.0 Å². The summed E-state index contributed by atoms with van der Waals surface area (Å²) >= 11 is 0. The summed E-state index contributed by atoms with van der Waals surface area (Å²) in [6.45, 7) is 8.92. The highest BCUT2D eigenvalue weighted by Crippen LogP contribution is 2.30. The van der Waals surface area contributed by atoms with E-state index in [9.17, 15) is 0 Å². The van der Waals surface area contributed by atoms with Crippen LogP contribution in [-0.2, 0) is 14.2 Å². The number of ether oxygens (including phenoxy) is 4. The van der Waals surface area contributed by atoms with E-state index in [1.165, 1.54) is 6.20 Å². The van der Waals surface area contributed by atoms with Crippen molar-refractivity contribution in [1.29, 1.82) is 0 Å². The lowest BCUT2D eigenvalue weighted by molar-refractivity contribution is -0.127. The van der Waals surface area contributed by atoms with E-state index in [4.69, 9.17) is 18.9 Å². The molecule has 8 heteroatoms. The van der Waals surface area contributed by atoms with E-state index in [0.717, 1.165) is 56.9 Å². The molecule has 0 atom stereocenters. The molecule has 3 rings (SSSR count). The third kappa shape index (κ3) is 7.26. The van der Waals surface area contributed by atoms with E-state index in [2.05, 4.69) is 27.4 Å². The Labute approximate surface area is 168 Å². The van der Waals surface area contributed by atoms with E-state index < -0.39 is 0 Å². The molecule has 1 aliphatic carbocycles. The fraction of sp³-hybridized carbons (Fsp3) is 0.700. The lowest BCUT2D eigenvalue weighted by Gasteiger charge is -2.39. The summed E-state index contributed by atoms with van der Waals surface area (Å²) in [5.41, 5.74) is 4.61. The number of aromatic nitrogens is 2. The van der Waals surface area contributed by atoms with Gasteiger partial charge in [-0.05, 0) is 38.8 Å². The first-order valence-corrected chi connectivity index (χ1v) is 9.99. The van der Waals surface area contributed by atoms with Crippen LogP contribution >= 0.6 is 0 Å². The summed E-state index contributed by atoms with van der Waals surface area (Å²) in [6.07, 6.45) is 8.15. The summed E-state index contributed by atoms with van der Waals surface area (Å²) in [5, 5.41) is 8.29. The van der Waals surface area contributed by atoms with Crippen LogP contribution in [0.2, 0.25) is 0 Å². The SMILES string of the molecule is C=CN.CCOC1CC(OC2CCN(c3cc(OCCOC)cnn3)CC2)C1. The van der Waals surface area contributed by atoms with Gasteiger partial charge in [0.2, 0.25) is 0 Å². The maximum Gasteiger partial charge on any atom is 0.154 e. The van der Waals surface area contributed by atoms with Gasteiger partial charge in [-0.15, -0.1) is 5.10 Å². The predicted octanol–water partition coefficient (Wildman–Crippen LogP) is 2.14. The molecule has 0 spiro atoms. The van der Waals surface area contributed by atoms with Crippen LogP contribution in [0.4, 0.5) is 5.82 Å². The lowest BCUT2D eigenvalue weighted by atomic mass is 9.91. The van der Waals surface area contributed by atoms with Crippen molar-refractivity contribution in [2.45, 2.75) is 50.9 Å². The third-order valence-electron chi connectivity index (χ3n) is 4.78. The molecular weight excluding hydrogens is 360 g/mol. The van der Waals surface area contributed by atoms with Gasteiger partial charge in [-0.2, -0.15) is 5.10 Å². The molecule has 28 heavy (non-hydrogen) atoms. The van der Waals surface area contributed by atoms with Crippen molar-refractivity contribution in [3.05, 3.63) is 25.0 Å². The molecule has 0 bridgehead atoms. The van der Waals surface area contributed by atoms with Gasteiger partial charge >= 0.3 is 0 Å². The second-order valence-electron chi connectivity index (χ2n) is 6.82. The Morgan fingerprint density at radius 2 is 1.93 bits per heavy atom. The van der Waals surface area contributed by atoms with Gasteiger partial charge < -0.3 is 29.6 Å². The number of hydrogen-bond acceptors (Lipinski definition) is 8.